The van der Waals surface area contributed by atoms with Gasteiger partial charge in [0, 0.05) is 19.3 Å². The molecular formula is C23H22ClN3O. The highest BCUT2D eigenvalue weighted by atomic mass is 35.5. The molecule has 5 heteroatoms. The third-order valence-electron chi connectivity index (χ3n) is 5.10. The van der Waals surface area contributed by atoms with Crippen molar-refractivity contribution >= 4 is 28.9 Å². The molecule has 0 aliphatic carbocycles. The van der Waals surface area contributed by atoms with E-state index in [9.17, 15) is 4.79 Å². The molecule has 2 aromatic carbocycles. The minimum absolute atomic E-state index is 0.00243. The van der Waals surface area contributed by atoms with E-state index >= 15 is 0 Å². The zero-order chi connectivity index (χ0) is 19.7. The second kappa shape index (κ2) is 7.64. The minimum Gasteiger partial charge on any atom is -0.353 e. The number of pyridine rings is 1. The zero-order valence-corrected chi connectivity index (χ0v) is 16.8. The number of nitrogens with zero attached hydrogens (tertiary/aromatic N) is 2. The minimum atomic E-state index is -0.00243. The summed E-state index contributed by atoms with van der Waals surface area (Å²) in [7, 11) is 0. The molecule has 0 saturated heterocycles. The fourth-order valence-electron chi connectivity index (χ4n) is 3.70. The molecule has 1 N–H and O–H groups in total. The number of carbonyl (C=O) groups is 1. The Morgan fingerprint density at radius 3 is 2.68 bits per heavy atom. The van der Waals surface area contributed by atoms with E-state index in [0.29, 0.717) is 17.1 Å². The van der Waals surface area contributed by atoms with Crippen molar-refractivity contribution in [2.24, 2.45) is 0 Å². The van der Waals surface area contributed by atoms with Gasteiger partial charge in [0.15, 0.2) is 0 Å². The molecule has 0 radical (unpaired) electrons. The molecule has 1 aliphatic rings. The smallest absolute Gasteiger partial charge is 0.255 e. The van der Waals surface area contributed by atoms with Crippen molar-refractivity contribution in [3.63, 3.8) is 0 Å². The lowest BCUT2D eigenvalue weighted by Gasteiger charge is -2.29. The van der Waals surface area contributed by atoms with Crippen LogP contribution in [0.2, 0.25) is 5.02 Å². The van der Waals surface area contributed by atoms with Crippen molar-refractivity contribution < 1.29 is 4.79 Å². The first-order valence-electron chi connectivity index (χ1n) is 9.36. The fraction of sp³-hybridized carbons (Fsp3) is 0.217. The summed E-state index contributed by atoms with van der Waals surface area (Å²) in [4.78, 5) is 19.2. The Labute approximate surface area is 170 Å². The molecular weight excluding hydrogens is 370 g/mol. The molecule has 1 amide bonds. The van der Waals surface area contributed by atoms with E-state index in [2.05, 4.69) is 28.5 Å². The van der Waals surface area contributed by atoms with E-state index in [1.165, 1.54) is 11.1 Å². The van der Waals surface area contributed by atoms with E-state index in [-0.39, 0.29) is 5.91 Å². The van der Waals surface area contributed by atoms with Crippen molar-refractivity contribution in [3.05, 3.63) is 87.7 Å². The van der Waals surface area contributed by atoms with E-state index < -0.39 is 0 Å². The Kier molecular flexibility index (Phi) is 5.05. The van der Waals surface area contributed by atoms with Crippen LogP contribution in [0.3, 0.4) is 0 Å². The number of benzene rings is 2. The maximum atomic E-state index is 13.0. The number of halogens is 1. The average molecular weight is 392 g/mol. The van der Waals surface area contributed by atoms with Crippen molar-refractivity contribution in [2.45, 2.75) is 26.8 Å². The molecule has 2 heterocycles. The number of carbonyl (C=O) groups excluding carboxylic acids is 1. The molecule has 1 aliphatic heterocycles. The molecule has 0 fully saturated rings. The van der Waals surface area contributed by atoms with E-state index in [1.54, 1.807) is 12.4 Å². The molecule has 0 unspecified atom stereocenters. The quantitative estimate of drug-likeness (QED) is 0.659. The monoisotopic (exact) mass is 391 g/mol. The first-order valence-corrected chi connectivity index (χ1v) is 9.74. The van der Waals surface area contributed by atoms with Gasteiger partial charge in [-0.1, -0.05) is 41.9 Å². The normalized spacial score (nSPS) is 13.2. The summed E-state index contributed by atoms with van der Waals surface area (Å²) in [6.07, 6.45) is 4.21. The Hall–Kier alpha value is -2.85. The summed E-state index contributed by atoms with van der Waals surface area (Å²) in [5.74, 6) is -0.00243. The van der Waals surface area contributed by atoms with Crippen LogP contribution in [-0.2, 0) is 13.0 Å². The number of aromatic nitrogens is 1. The van der Waals surface area contributed by atoms with Gasteiger partial charge in [0.2, 0.25) is 0 Å². The van der Waals surface area contributed by atoms with Gasteiger partial charge < -0.3 is 10.2 Å². The van der Waals surface area contributed by atoms with Crippen molar-refractivity contribution in [1.29, 1.82) is 0 Å². The number of nitrogens with one attached hydrogen (secondary N) is 1. The molecule has 0 atom stereocenters. The molecule has 0 bridgehead atoms. The van der Waals surface area contributed by atoms with Crippen LogP contribution in [0.4, 0.5) is 11.4 Å². The summed E-state index contributed by atoms with van der Waals surface area (Å²) in [6.45, 7) is 5.38. The van der Waals surface area contributed by atoms with Crippen molar-refractivity contribution in [3.8, 4) is 0 Å². The predicted octanol–water partition coefficient (Wildman–Crippen LogP) is 5.29. The summed E-state index contributed by atoms with van der Waals surface area (Å²) in [5, 5.41) is 3.97. The molecule has 0 spiro atoms. The zero-order valence-electron chi connectivity index (χ0n) is 16.0. The third kappa shape index (κ3) is 3.73. The second-order valence-corrected chi connectivity index (χ2v) is 7.68. The average Bonchev–Trinajstić information content (AvgIpc) is 2.70. The van der Waals surface area contributed by atoms with Crippen LogP contribution >= 0.6 is 11.6 Å². The fourth-order valence-corrected chi connectivity index (χ4v) is 4.06. The van der Waals surface area contributed by atoms with Gasteiger partial charge in [-0.05, 0) is 54.7 Å². The molecule has 3 aromatic rings. The lowest BCUT2D eigenvalue weighted by molar-refractivity contribution is 0.0734. The molecule has 0 saturated carbocycles. The van der Waals surface area contributed by atoms with Crippen LogP contribution < -0.4 is 5.32 Å². The molecule has 28 heavy (non-hydrogen) atoms. The molecule has 142 valence electrons. The summed E-state index contributed by atoms with van der Waals surface area (Å²) in [6, 6.07) is 14.1. The first-order chi connectivity index (χ1) is 13.5. The number of hydrogen-bond acceptors (Lipinski definition) is 3. The summed E-state index contributed by atoms with van der Waals surface area (Å²) in [5.41, 5.74) is 6.86. The second-order valence-electron chi connectivity index (χ2n) is 7.27. The number of rotatable bonds is 3. The Bertz CT molecular complexity index is 1020. The summed E-state index contributed by atoms with van der Waals surface area (Å²) < 4.78 is 0. The highest BCUT2D eigenvalue weighted by molar-refractivity contribution is 6.33. The first kappa shape index (κ1) is 18.5. The Morgan fingerprint density at radius 2 is 1.89 bits per heavy atom. The maximum absolute atomic E-state index is 13.0. The number of aryl methyl sites for hydroxylation is 2. The van der Waals surface area contributed by atoms with E-state index in [1.807, 2.05) is 43.0 Å². The van der Waals surface area contributed by atoms with Crippen molar-refractivity contribution in [2.75, 3.05) is 11.9 Å². The van der Waals surface area contributed by atoms with Crippen LogP contribution in [0.1, 0.15) is 32.6 Å². The number of fused-ring (bicyclic) bond motifs is 1. The van der Waals surface area contributed by atoms with Crippen LogP contribution in [0, 0.1) is 13.8 Å². The van der Waals surface area contributed by atoms with E-state index in [0.717, 1.165) is 35.5 Å². The Morgan fingerprint density at radius 1 is 1.11 bits per heavy atom. The SMILES string of the molecule is Cc1cc(C)c(Nc2cncc(C(=O)N3CCc4ccccc4C3)c2)c(Cl)c1. The maximum Gasteiger partial charge on any atom is 0.255 e. The number of anilines is 2. The Balaban J connectivity index is 1.55. The van der Waals surface area contributed by atoms with Gasteiger partial charge in [-0.3, -0.25) is 9.78 Å². The van der Waals surface area contributed by atoms with Crippen LogP contribution in [-0.4, -0.2) is 22.3 Å². The molecule has 4 rings (SSSR count). The van der Waals surface area contributed by atoms with Gasteiger partial charge in [0.05, 0.1) is 28.2 Å². The lowest BCUT2D eigenvalue weighted by atomic mass is 9.99. The summed E-state index contributed by atoms with van der Waals surface area (Å²) >= 11 is 6.40. The van der Waals surface area contributed by atoms with Crippen LogP contribution in [0.25, 0.3) is 0 Å². The topological polar surface area (TPSA) is 45.2 Å². The van der Waals surface area contributed by atoms with Gasteiger partial charge in [0.25, 0.3) is 5.91 Å². The number of amides is 1. The van der Waals surface area contributed by atoms with Gasteiger partial charge in [0.1, 0.15) is 0 Å². The van der Waals surface area contributed by atoms with Gasteiger partial charge in [-0.2, -0.15) is 0 Å². The van der Waals surface area contributed by atoms with Crippen LogP contribution in [0.5, 0.6) is 0 Å². The van der Waals surface area contributed by atoms with E-state index in [4.69, 9.17) is 11.6 Å². The lowest BCUT2D eigenvalue weighted by Crippen LogP contribution is -2.36. The number of hydrogen-bond donors (Lipinski definition) is 1. The largest absolute Gasteiger partial charge is 0.353 e. The standard InChI is InChI=1S/C23H22ClN3O/c1-15-9-16(2)22(21(24)10-15)26-20-11-19(12-25-13-20)23(28)27-8-7-17-5-3-4-6-18(17)14-27/h3-6,9-13,26H,7-8,14H2,1-2H3. The van der Waals surface area contributed by atoms with Gasteiger partial charge >= 0.3 is 0 Å². The molecule has 4 nitrogen and oxygen atoms in total. The predicted molar refractivity (Wildman–Crippen MR) is 113 cm³/mol. The van der Waals surface area contributed by atoms with Gasteiger partial charge in [-0.25, -0.2) is 0 Å². The van der Waals surface area contributed by atoms with Crippen LogP contribution in [0.15, 0.2) is 54.9 Å². The third-order valence-corrected chi connectivity index (χ3v) is 5.40. The molecule has 1 aromatic heterocycles. The highest BCUT2D eigenvalue weighted by Gasteiger charge is 2.22. The highest BCUT2D eigenvalue weighted by Crippen LogP contribution is 2.30. The van der Waals surface area contributed by atoms with Gasteiger partial charge in [-0.15, -0.1) is 0 Å². The van der Waals surface area contributed by atoms with Crippen molar-refractivity contribution in [1.82, 2.24) is 9.88 Å².